The summed E-state index contributed by atoms with van der Waals surface area (Å²) >= 11 is 1.18. The highest BCUT2D eigenvalue weighted by atomic mass is 32.2. The third kappa shape index (κ3) is 4.82. The van der Waals surface area contributed by atoms with Gasteiger partial charge in [-0.2, -0.15) is 4.99 Å². The van der Waals surface area contributed by atoms with E-state index in [9.17, 15) is 17.6 Å². The van der Waals surface area contributed by atoms with Crippen LogP contribution in [-0.2, 0) is 26.9 Å². The second-order valence-corrected chi connectivity index (χ2v) is 9.40. The van der Waals surface area contributed by atoms with Crippen LogP contribution >= 0.6 is 11.3 Å². The van der Waals surface area contributed by atoms with Crippen molar-refractivity contribution in [3.8, 4) is 0 Å². The lowest BCUT2D eigenvalue weighted by molar-refractivity contribution is -0.117. The molecule has 1 amide bonds. The Hall–Kier alpha value is -2.58. The summed E-state index contributed by atoms with van der Waals surface area (Å²) in [7, 11) is -3.43. The van der Waals surface area contributed by atoms with Crippen LogP contribution in [0, 0.1) is 5.82 Å². The summed E-state index contributed by atoms with van der Waals surface area (Å²) in [6.45, 7) is 3.95. The van der Waals surface area contributed by atoms with Gasteiger partial charge in [-0.3, -0.25) is 4.79 Å². The van der Waals surface area contributed by atoms with E-state index in [0.29, 0.717) is 27.1 Å². The molecule has 28 heavy (non-hydrogen) atoms. The number of fused-ring (bicyclic) bond motifs is 1. The predicted octanol–water partition coefficient (Wildman–Crippen LogP) is 3.46. The van der Waals surface area contributed by atoms with E-state index < -0.39 is 21.6 Å². The van der Waals surface area contributed by atoms with Gasteiger partial charge in [0.05, 0.1) is 21.7 Å². The van der Waals surface area contributed by atoms with Crippen LogP contribution in [0.25, 0.3) is 10.2 Å². The molecule has 2 aromatic carbocycles. The standard InChI is InChI=1S/C20H19FN2O3S2/c1-2-12-23-19-16(21)9-6-10-17(19)27-20(23)22-18(24)11-13-28(25,26)14-15-7-4-3-5-8-15/h2-10H,1,11-14H2. The summed E-state index contributed by atoms with van der Waals surface area (Å²) in [6, 6.07) is 13.5. The first-order valence-corrected chi connectivity index (χ1v) is 11.2. The molecule has 0 bridgehead atoms. The number of sulfone groups is 1. The minimum Gasteiger partial charge on any atom is -0.310 e. The van der Waals surface area contributed by atoms with Gasteiger partial charge in [-0.05, 0) is 17.7 Å². The molecule has 0 radical (unpaired) electrons. The second-order valence-electron chi connectivity index (χ2n) is 6.20. The molecule has 0 N–H and O–H groups in total. The number of hydrogen-bond acceptors (Lipinski definition) is 4. The smallest absolute Gasteiger partial charge is 0.249 e. The first kappa shape index (κ1) is 20.2. The first-order valence-electron chi connectivity index (χ1n) is 8.60. The average Bonchev–Trinajstić information content (AvgIpc) is 2.99. The van der Waals surface area contributed by atoms with Crippen molar-refractivity contribution in [1.82, 2.24) is 4.57 Å². The number of carbonyl (C=O) groups is 1. The number of benzene rings is 2. The number of nitrogens with zero attached hydrogens (tertiary/aromatic N) is 2. The number of para-hydroxylation sites is 1. The van der Waals surface area contributed by atoms with Crippen LogP contribution in [0.1, 0.15) is 12.0 Å². The van der Waals surface area contributed by atoms with Crippen LogP contribution in [0.4, 0.5) is 4.39 Å². The number of halogens is 1. The quantitative estimate of drug-likeness (QED) is 0.552. The largest absolute Gasteiger partial charge is 0.310 e. The van der Waals surface area contributed by atoms with Gasteiger partial charge in [0.25, 0.3) is 0 Å². The van der Waals surface area contributed by atoms with E-state index in [-0.39, 0.29) is 17.9 Å². The van der Waals surface area contributed by atoms with Crippen molar-refractivity contribution in [2.75, 3.05) is 5.75 Å². The Labute approximate surface area is 166 Å². The van der Waals surface area contributed by atoms with E-state index >= 15 is 0 Å². The van der Waals surface area contributed by atoms with Crippen LogP contribution < -0.4 is 4.80 Å². The molecule has 0 atom stereocenters. The van der Waals surface area contributed by atoms with Crippen molar-refractivity contribution >= 4 is 37.3 Å². The molecule has 0 unspecified atom stereocenters. The minimum absolute atomic E-state index is 0.119. The third-order valence-corrected chi connectivity index (χ3v) is 6.68. The highest BCUT2D eigenvalue weighted by Gasteiger charge is 2.15. The highest BCUT2D eigenvalue weighted by Crippen LogP contribution is 2.20. The molecule has 0 fully saturated rings. The molecule has 1 aromatic heterocycles. The SMILES string of the molecule is C=CCn1c(=NC(=O)CCS(=O)(=O)Cc2ccccc2)sc2cccc(F)c21. The Kier molecular flexibility index (Phi) is 6.21. The van der Waals surface area contributed by atoms with E-state index in [0.717, 1.165) is 0 Å². The zero-order valence-electron chi connectivity index (χ0n) is 15.0. The summed E-state index contributed by atoms with van der Waals surface area (Å²) in [5, 5.41) is 0. The fraction of sp³-hybridized carbons (Fsp3) is 0.200. The first-order chi connectivity index (χ1) is 13.4. The van der Waals surface area contributed by atoms with E-state index in [1.807, 2.05) is 6.07 Å². The third-order valence-electron chi connectivity index (χ3n) is 4.04. The molecule has 0 saturated carbocycles. The van der Waals surface area contributed by atoms with Crippen molar-refractivity contribution in [2.24, 2.45) is 4.99 Å². The molecule has 3 aromatic rings. The van der Waals surface area contributed by atoms with Gasteiger partial charge in [-0.15, -0.1) is 6.58 Å². The fourth-order valence-corrected chi connectivity index (χ4v) is 5.18. The molecule has 0 aliphatic carbocycles. The molecule has 146 valence electrons. The van der Waals surface area contributed by atoms with Crippen molar-refractivity contribution in [3.05, 3.63) is 77.4 Å². The number of rotatable bonds is 7. The molecular formula is C20H19FN2O3S2. The highest BCUT2D eigenvalue weighted by molar-refractivity contribution is 7.90. The lowest BCUT2D eigenvalue weighted by Gasteiger charge is -2.03. The van der Waals surface area contributed by atoms with E-state index in [1.54, 1.807) is 47.0 Å². The molecule has 1 heterocycles. The monoisotopic (exact) mass is 418 g/mol. The Morgan fingerprint density at radius 1 is 1.18 bits per heavy atom. The van der Waals surface area contributed by atoms with Gasteiger partial charge in [-0.25, -0.2) is 12.8 Å². The lowest BCUT2D eigenvalue weighted by Crippen LogP contribution is -2.18. The molecule has 0 aliphatic rings. The predicted molar refractivity (Wildman–Crippen MR) is 109 cm³/mol. The number of hydrogen-bond donors (Lipinski definition) is 0. The van der Waals surface area contributed by atoms with Gasteiger partial charge in [0, 0.05) is 13.0 Å². The average molecular weight is 419 g/mol. The summed E-state index contributed by atoms with van der Waals surface area (Å²) in [6.07, 6.45) is 1.37. The molecule has 5 nitrogen and oxygen atoms in total. The van der Waals surface area contributed by atoms with Gasteiger partial charge in [0.2, 0.25) is 5.91 Å². The van der Waals surface area contributed by atoms with Crippen LogP contribution in [-0.4, -0.2) is 24.6 Å². The van der Waals surface area contributed by atoms with Crippen LogP contribution in [0.5, 0.6) is 0 Å². The Morgan fingerprint density at radius 2 is 1.93 bits per heavy atom. The maximum Gasteiger partial charge on any atom is 0.249 e. The Bertz CT molecular complexity index is 1180. The normalized spacial score (nSPS) is 12.4. The number of thiazole rings is 1. The molecule has 8 heteroatoms. The minimum atomic E-state index is -3.43. The van der Waals surface area contributed by atoms with E-state index in [4.69, 9.17) is 0 Å². The summed E-state index contributed by atoms with van der Waals surface area (Å²) in [5.41, 5.74) is 1.03. The van der Waals surface area contributed by atoms with Crippen LogP contribution in [0.2, 0.25) is 0 Å². The number of allylic oxidation sites excluding steroid dienone is 1. The van der Waals surface area contributed by atoms with E-state index in [2.05, 4.69) is 11.6 Å². The van der Waals surface area contributed by atoms with Crippen molar-refractivity contribution in [3.63, 3.8) is 0 Å². The van der Waals surface area contributed by atoms with Gasteiger partial charge in [0.15, 0.2) is 14.6 Å². The maximum absolute atomic E-state index is 14.2. The van der Waals surface area contributed by atoms with Gasteiger partial charge >= 0.3 is 0 Å². The topological polar surface area (TPSA) is 68.5 Å². The molecule has 0 spiro atoms. The van der Waals surface area contributed by atoms with Gasteiger partial charge in [-0.1, -0.05) is 53.8 Å². The maximum atomic E-state index is 14.2. The molecule has 3 rings (SSSR count). The Morgan fingerprint density at radius 3 is 2.64 bits per heavy atom. The van der Waals surface area contributed by atoms with E-state index in [1.165, 1.54) is 17.4 Å². The Balaban J connectivity index is 1.80. The summed E-state index contributed by atoms with van der Waals surface area (Å²) in [4.78, 5) is 16.6. The van der Waals surface area contributed by atoms with Gasteiger partial charge in [0.1, 0.15) is 5.82 Å². The number of carbonyl (C=O) groups excluding carboxylic acids is 1. The van der Waals surface area contributed by atoms with Crippen molar-refractivity contribution < 1.29 is 17.6 Å². The van der Waals surface area contributed by atoms with Crippen molar-refractivity contribution in [2.45, 2.75) is 18.7 Å². The second kappa shape index (κ2) is 8.62. The molecule has 0 aliphatic heterocycles. The lowest BCUT2D eigenvalue weighted by atomic mass is 10.2. The fourth-order valence-electron chi connectivity index (χ4n) is 2.78. The zero-order chi connectivity index (χ0) is 20.1. The summed E-state index contributed by atoms with van der Waals surface area (Å²) < 4.78 is 40.9. The van der Waals surface area contributed by atoms with Crippen LogP contribution in [0.3, 0.4) is 0 Å². The van der Waals surface area contributed by atoms with Gasteiger partial charge < -0.3 is 4.57 Å². The van der Waals surface area contributed by atoms with Crippen LogP contribution in [0.15, 0.2) is 66.2 Å². The zero-order valence-corrected chi connectivity index (χ0v) is 16.7. The summed E-state index contributed by atoms with van der Waals surface area (Å²) in [5.74, 6) is -1.37. The number of aromatic nitrogens is 1. The van der Waals surface area contributed by atoms with Crippen molar-refractivity contribution in [1.29, 1.82) is 0 Å². The molecular weight excluding hydrogens is 399 g/mol. The number of amides is 1. The molecule has 0 saturated heterocycles.